The van der Waals surface area contributed by atoms with E-state index in [4.69, 9.17) is 4.74 Å². The van der Waals surface area contributed by atoms with Gasteiger partial charge < -0.3 is 4.74 Å². The van der Waals surface area contributed by atoms with Crippen molar-refractivity contribution >= 4 is 15.9 Å². The van der Waals surface area contributed by atoms with Crippen molar-refractivity contribution in [1.29, 1.82) is 0 Å². The van der Waals surface area contributed by atoms with E-state index >= 15 is 0 Å². The van der Waals surface area contributed by atoms with Gasteiger partial charge in [-0.2, -0.15) is 0 Å². The minimum absolute atomic E-state index is 0.122. The highest BCUT2D eigenvalue weighted by Crippen LogP contribution is 2.46. The fourth-order valence-corrected chi connectivity index (χ4v) is 3.15. The minimum Gasteiger partial charge on any atom is -0.368 e. The van der Waals surface area contributed by atoms with Crippen molar-refractivity contribution in [1.82, 2.24) is 0 Å². The maximum absolute atomic E-state index is 6.28. The number of ether oxygens (including phenoxy) is 1. The molecule has 1 nitrogen and oxygen atoms in total. The Kier molecular flexibility index (Phi) is 2.72. The smallest absolute Gasteiger partial charge is 0.0759 e. The van der Waals surface area contributed by atoms with E-state index in [9.17, 15) is 0 Å². The molecular weight excluding hydrogens is 228 g/mol. The highest BCUT2D eigenvalue weighted by Gasteiger charge is 2.46. The highest BCUT2D eigenvalue weighted by molar-refractivity contribution is 9.09. The van der Waals surface area contributed by atoms with Gasteiger partial charge in [-0.25, -0.2) is 0 Å². The van der Waals surface area contributed by atoms with Gasteiger partial charge in [0.05, 0.1) is 11.2 Å². The molecule has 1 heterocycles. The van der Waals surface area contributed by atoms with Crippen molar-refractivity contribution in [3.8, 4) is 0 Å². The van der Waals surface area contributed by atoms with Gasteiger partial charge in [0, 0.05) is 5.33 Å². The lowest BCUT2D eigenvalue weighted by Crippen LogP contribution is -2.36. The summed E-state index contributed by atoms with van der Waals surface area (Å²) in [6, 6.07) is 0. The number of hydrogen-bond donors (Lipinski definition) is 0. The van der Waals surface area contributed by atoms with Crippen LogP contribution < -0.4 is 0 Å². The van der Waals surface area contributed by atoms with Gasteiger partial charge in [-0.3, -0.25) is 0 Å². The van der Waals surface area contributed by atoms with E-state index in [0.29, 0.717) is 0 Å². The average Bonchev–Trinajstić information content (AvgIpc) is 2.47. The lowest BCUT2D eigenvalue weighted by molar-refractivity contribution is -0.0999. The zero-order valence-corrected chi connectivity index (χ0v) is 10.0. The van der Waals surface area contributed by atoms with E-state index in [1.807, 2.05) is 0 Å². The predicted molar refractivity (Wildman–Crippen MR) is 58.3 cm³/mol. The van der Waals surface area contributed by atoms with Crippen molar-refractivity contribution in [2.75, 3.05) is 5.33 Å². The summed E-state index contributed by atoms with van der Waals surface area (Å²) in [5.74, 6) is 0. The summed E-state index contributed by atoms with van der Waals surface area (Å²) in [6.45, 7) is 2.24. The minimum atomic E-state index is 0.122. The van der Waals surface area contributed by atoms with E-state index in [1.165, 1.54) is 44.9 Å². The van der Waals surface area contributed by atoms with Crippen LogP contribution in [-0.2, 0) is 4.74 Å². The Bertz CT molecular complexity index is 187. The zero-order chi connectivity index (χ0) is 9.36. The molecule has 13 heavy (non-hydrogen) atoms. The topological polar surface area (TPSA) is 9.23 Å². The molecule has 2 rings (SSSR count). The second kappa shape index (κ2) is 3.54. The molecule has 1 spiro atoms. The van der Waals surface area contributed by atoms with Crippen LogP contribution in [0.3, 0.4) is 0 Å². The lowest BCUT2D eigenvalue weighted by Gasteiger charge is -2.35. The first-order valence-corrected chi connectivity index (χ1v) is 6.56. The van der Waals surface area contributed by atoms with Crippen LogP contribution in [0, 0.1) is 0 Å². The molecule has 0 N–H and O–H groups in total. The third-order valence-corrected chi connectivity index (χ3v) is 4.81. The van der Waals surface area contributed by atoms with Crippen molar-refractivity contribution in [3.63, 3.8) is 0 Å². The molecule has 1 saturated heterocycles. The first kappa shape index (κ1) is 9.97. The maximum atomic E-state index is 6.28. The zero-order valence-electron chi connectivity index (χ0n) is 8.44. The van der Waals surface area contributed by atoms with Crippen molar-refractivity contribution in [2.24, 2.45) is 0 Å². The average molecular weight is 247 g/mol. The summed E-state index contributed by atoms with van der Waals surface area (Å²) >= 11 is 3.56. The summed E-state index contributed by atoms with van der Waals surface area (Å²) in [5, 5.41) is 0.988. The van der Waals surface area contributed by atoms with E-state index in [1.54, 1.807) is 0 Å². The van der Waals surface area contributed by atoms with Gasteiger partial charge in [0.25, 0.3) is 0 Å². The second-order valence-corrected chi connectivity index (χ2v) is 5.49. The van der Waals surface area contributed by atoms with Crippen LogP contribution in [0.1, 0.15) is 51.9 Å². The van der Waals surface area contributed by atoms with E-state index in [2.05, 4.69) is 22.9 Å². The summed E-state index contributed by atoms with van der Waals surface area (Å²) in [4.78, 5) is 0. The molecule has 1 atom stereocenters. The molecule has 1 aliphatic heterocycles. The molecule has 0 amide bonds. The lowest BCUT2D eigenvalue weighted by atomic mass is 9.83. The summed E-state index contributed by atoms with van der Waals surface area (Å²) < 4.78 is 6.28. The van der Waals surface area contributed by atoms with Crippen LogP contribution in [0.15, 0.2) is 0 Å². The van der Waals surface area contributed by atoms with Gasteiger partial charge in [0.15, 0.2) is 0 Å². The molecule has 0 aromatic rings. The Morgan fingerprint density at radius 3 is 2.31 bits per heavy atom. The van der Waals surface area contributed by atoms with Gasteiger partial charge in [-0.15, -0.1) is 0 Å². The largest absolute Gasteiger partial charge is 0.368 e. The third-order valence-electron chi connectivity index (χ3n) is 3.62. The molecule has 0 radical (unpaired) electrons. The van der Waals surface area contributed by atoms with Gasteiger partial charge in [-0.05, 0) is 32.6 Å². The standard InChI is InChI=1S/C11H19BrO/c1-10(9-12)7-8-11(13-10)5-3-2-4-6-11/h2-9H2,1H3. The number of halogens is 1. The summed E-state index contributed by atoms with van der Waals surface area (Å²) in [5.41, 5.74) is 0.401. The molecule has 1 aliphatic carbocycles. The fraction of sp³-hybridized carbons (Fsp3) is 1.00. The number of rotatable bonds is 1. The SMILES string of the molecule is CC1(CBr)CCC2(CCCCC2)O1. The van der Waals surface area contributed by atoms with Crippen molar-refractivity contribution < 1.29 is 4.74 Å². The van der Waals surface area contributed by atoms with Crippen molar-refractivity contribution in [3.05, 3.63) is 0 Å². The first-order chi connectivity index (χ1) is 6.18. The molecule has 1 saturated carbocycles. The summed E-state index contributed by atoms with van der Waals surface area (Å²) in [6.07, 6.45) is 9.28. The molecule has 1 unspecified atom stereocenters. The molecule has 2 heteroatoms. The van der Waals surface area contributed by atoms with Gasteiger partial charge in [0.1, 0.15) is 0 Å². The Labute approximate surface area is 89.4 Å². The van der Waals surface area contributed by atoms with Crippen LogP contribution in [0.2, 0.25) is 0 Å². The van der Waals surface area contributed by atoms with Crippen LogP contribution in [0.5, 0.6) is 0 Å². The van der Waals surface area contributed by atoms with Gasteiger partial charge in [-0.1, -0.05) is 35.2 Å². The van der Waals surface area contributed by atoms with Crippen molar-refractivity contribution in [2.45, 2.75) is 63.1 Å². The summed E-state index contributed by atoms with van der Waals surface area (Å²) in [7, 11) is 0. The molecular formula is C11H19BrO. The Balaban J connectivity index is 2.02. The van der Waals surface area contributed by atoms with Gasteiger partial charge in [0.2, 0.25) is 0 Å². The third kappa shape index (κ3) is 1.94. The quantitative estimate of drug-likeness (QED) is 0.642. The van der Waals surface area contributed by atoms with Crippen LogP contribution >= 0.6 is 15.9 Å². The highest BCUT2D eigenvalue weighted by atomic mass is 79.9. The Hall–Kier alpha value is 0.440. The van der Waals surface area contributed by atoms with E-state index in [0.717, 1.165) is 5.33 Å². The first-order valence-electron chi connectivity index (χ1n) is 5.44. The number of alkyl halides is 1. The van der Waals surface area contributed by atoms with E-state index in [-0.39, 0.29) is 11.2 Å². The predicted octanol–water partition coefficient (Wildman–Crippen LogP) is 3.65. The normalized spacial score (nSPS) is 38.3. The second-order valence-electron chi connectivity index (χ2n) is 4.93. The molecule has 0 bridgehead atoms. The Morgan fingerprint density at radius 1 is 1.08 bits per heavy atom. The van der Waals surface area contributed by atoms with Gasteiger partial charge >= 0.3 is 0 Å². The molecule has 76 valence electrons. The molecule has 2 aliphatic rings. The fourth-order valence-electron chi connectivity index (χ4n) is 2.76. The van der Waals surface area contributed by atoms with Crippen LogP contribution in [-0.4, -0.2) is 16.5 Å². The maximum Gasteiger partial charge on any atom is 0.0759 e. The molecule has 2 fully saturated rings. The van der Waals surface area contributed by atoms with E-state index < -0.39 is 0 Å². The number of hydrogen-bond acceptors (Lipinski definition) is 1. The Morgan fingerprint density at radius 2 is 1.77 bits per heavy atom. The van der Waals surface area contributed by atoms with Crippen LogP contribution in [0.25, 0.3) is 0 Å². The molecule has 0 aromatic carbocycles. The monoisotopic (exact) mass is 246 g/mol. The molecule has 0 aromatic heterocycles. The van der Waals surface area contributed by atoms with Crippen LogP contribution in [0.4, 0.5) is 0 Å².